The summed E-state index contributed by atoms with van der Waals surface area (Å²) in [5, 5.41) is 8.78. The lowest BCUT2D eigenvalue weighted by Gasteiger charge is -2.30. The zero-order valence-electron chi connectivity index (χ0n) is 17.2. The molecule has 1 aliphatic heterocycles. The van der Waals surface area contributed by atoms with Crippen molar-refractivity contribution >= 4 is 21.5 Å². The van der Waals surface area contributed by atoms with Gasteiger partial charge < -0.3 is 4.90 Å². The third kappa shape index (κ3) is 4.62. The normalized spacial score (nSPS) is 15.2. The van der Waals surface area contributed by atoms with Gasteiger partial charge in [-0.3, -0.25) is 4.72 Å². The van der Waals surface area contributed by atoms with Crippen LogP contribution in [0.4, 0.5) is 11.5 Å². The second-order valence-corrected chi connectivity index (χ2v) is 9.63. The van der Waals surface area contributed by atoms with E-state index in [1.54, 1.807) is 36.4 Å². The third-order valence-electron chi connectivity index (χ3n) is 5.50. The Labute approximate surface area is 178 Å². The van der Waals surface area contributed by atoms with Gasteiger partial charge in [-0.05, 0) is 62.1 Å². The van der Waals surface area contributed by atoms with Crippen molar-refractivity contribution in [2.24, 2.45) is 5.92 Å². The van der Waals surface area contributed by atoms with E-state index in [-0.39, 0.29) is 4.90 Å². The van der Waals surface area contributed by atoms with Gasteiger partial charge in [-0.15, -0.1) is 10.2 Å². The average Bonchev–Trinajstić information content (AvgIpc) is 2.75. The molecule has 6 nitrogen and oxygen atoms in total. The summed E-state index contributed by atoms with van der Waals surface area (Å²) in [6.45, 7) is 6.22. The number of sulfonamides is 1. The number of rotatable bonds is 5. The highest BCUT2D eigenvalue weighted by molar-refractivity contribution is 7.92. The van der Waals surface area contributed by atoms with Crippen LogP contribution in [0.25, 0.3) is 11.3 Å². The van der Waals surface area contributed by atoms with Gasteiger partial charge in [0.15, 0.2) is 5.82 Å². The smallest absolute Gasteiger partial charge is 0.261 e. The molecule has 7 heteroatoms. The average molecular weight is 423 g/mol. The molecule has 0 bridgehead atoms. The quantitative estimate of drug-likeness (QED) is 0.656. The summed E-state index contributed by atoms with van der Waals surface area (Å²) in [5.74, 6) is 1.65. The van der Waals surface area contributed by atoms with E-state index in [9.17, 15) is 8.42 Å². The van der Waals surface area contributed by atoms with Gasteiger partial charge in [-0.1, -0.05) is 36.8 Å². The molecule has 0 amide bonds. The van der Waals surface area contributed by atoms with E-state index in [1.807, 2.05) is 31.2 Å². The molecular weight excluding hydrogens is 396 g/mol. The first-order chi connectivity index (χ1) is 14.4. The maximum atomic E-state index is 12.7. The highest BCUT2D eigenvalue weighted by Gasteiger charge is 2.18. The van der Waals surface area contributed by atoms with Crippen LogP contribution >= 0.6 is 0 Å². The zero-order chi connectivity index (χ0) is 21.1. The number of nitrogens with zero attached hydrogens (tertiary/aromatic N) is 3. The van der Waals surface area contributed by atoms with Crippen molar-refractivity contribution in [1.82, 2.24) is 10.2 Å². The summed E-state index contributed by atoms with van der Waals surface area (Å²) in [7, 11) is -3.65. The highest BCUT2D eigenvalue weighted by atomic mass is 32.2. The Morgan fingerprint density at radius 2 is 1.70 bits per heavy atom. The van der Waals surface area contributed by atoms with E-state index in [4.69, 9.17) is 0 Å². The molecule has 4 rings (SSSR count). The van der Waals surface area contributed by atoms with Crippen molar-refractivity contribution < 1.29 is 8.42 Å². The topological polar surface area (TPSA) is 75.2 Å². The van der Waals surface area contributed by atoms with E-state index in [0.29, 0.717) is 11.4 Å². The Bertz CT molecular complexity index is 1100. The molecule has 30 heavy (non-hydrogen) atoms. The van der Waals surface area contributed by atoms with Crippen LogP contribution in [0.1, 0.15) is 25.3 Å². The molecule has 0 aliphatic carbocycles. The molecule has 156 valence electrons. The Balaban J connectivity index is 1.51. The van der Waals surface area contributed by atoms with Gasteiger partial charge in [0.1, 0.15) is 0 Å². The van der Waals surface area contributed by atoms with E-state index < -0.39 is 10.0 Å². The van der Waals surface area contributed by atoms with E-state index in [1.165, 1.54) is 12.8 Å². The first kappa shape index (κ1) is 20.3. The second kappa shape index (κ2) is 8.44. The van der Waals surface area contributed by atoms with Gasteiger partial charge >= 0.3 is 0 Å². The van der Waals surface area contributed by atoms with Gasteiger partial charge in [-0.2, -0.15) is 0 Å². The summed E-state index contributed by atoms with van der Waals surface area (Å²) in [5.41, 5.74) is 3.02. The molecule has 0 spiro atoms. The number of hydrogen-bond acceptors (Lipinski definition) is 5. The maximum Gasteiger partial charge on any atom is 0.261 e. The van der Waals surface area contributed by atoms with Crippen molar-refractivity contribution in [3.63, 3.8) is 0 Å². The molecule has 0 radical (unpaired) electrons. The minimum absolute atomic E-state index is 0.235. The minimum atomic E-state index is -3.65. The molecule has 1 N–H and O–H groups in total. The number of aryl methyl sites for hydroxylation is 1. The van der Waals surface area contributed by atoms with E-state index in [2.05, 4.69) is 26.7 Å². The SMILES string of the molecule is Cc1ccc(S(=O)(=O)Nc2cccc(-c3ccc(N4CCC(C)CC4)nn3)c2)cc1. The zero-order valence-corrected chi connectivity index (χ0v) is 18.1. The first-order valence-corrected chi connectivity index (χ1v) is 11.7. The molecule has 1 saturated heterocycles. The van der Waals surface area contributed by atoms with Crippen LogP contribution in [0.2, 0.25) is 0 Å². The van der Waals surface area contributed by atoms with Gasteiger partial charge in [0.05, 0.1) is 10.6 Å². The maximum absolute atomic E-state index is 12.7. The van der Waals surface area contributed by atoms with Crippen molar-refractivity contribution in [1.29, 1.82) is 0 Å². The second-order valence-electron chi connectivity index (χ2n) is 7.95. The largest absolute Gasteiger partial charge is 0.355 e. The number of hydrogen-bond donors (Lipinski definition) is 1. The fourth-order valence-corrected chi connectivity index (χ4v) is 4.61. The number of piperidine rings is 1. The Morgan fingerprint density at radius 3 is 2.37 bits per heavy atom. The fraction of sp³-hybridized carbons (Fsp3) is 0.304. The van der Waals surface area contributed by atoms with Gasteiger partial charge in [0, 0.05) is 24.3 Å². The molecule has 2 aromatic carbocycles. The van der Waals surface area contributed by atoms with Gasteiger partial charge in [0.25, 0.3) is 10.0 Å². The summed E-state index contributed by atoms with van der Waals surface area (Å²) < 4.78 is 28.0. The van der Waals surface area contributed by atoms with Crippen molar-refractivity contribution in [2.45, 2.75) is 31.6 Å². The Morgan fingerprint density at radius 1 is 0.967 bits per heavy atom. The predicted molar refractivity (Wildman–Crippen MR) is 120 cm³/mol. The third-order valence-corrected chi connectivity index (χ3v) is 6.90. The minimum Gasteiger partial charge on any atom is -0.355 e. The lowest BCUT2D eigenvalue weighted by Crippen LogP contribution is -2.33. The summed E-state index contributed by atoms with van der Waals surface area (Å²) in [6.07, 6.45) is 2.35. The Kier molecular flexibility index (Phi) is 5.72. The number of anilines is 2. The number of nitrogens with one attached hydrogen (secondary N) is 1. The standard InChI is InChI=1S/C23H26N4O2S/c1-17-6-8-21(9-7-17)30(28,29)26-20-5-3-4-19(16-20)22-10-11-23(25-24-22)27-14-12-18(2)13-15-27/h3-11,16,18,26H,12-15H2,1-2H3. The molecule has 0 atom stereocenters. The lowest BCUT2D eigenvalue weighted by molar-refractivity contribution is 0.436. The van der Waals surface area contributed by atoms with Gasteiger partial charge in [-0.25, -0.2) is 8.42 Å². The summed E-state index contributed by atoms with van der Waals surface area (Å²) >= 11 is 0. The predicted octanol–water partition coefficient (Wildman–Crippen LogP) is 4.49. The highest BCUT2D eigenvalue weighted by Crippen LogP contribution is 2.25. The van der Waals surface area contributed by atoms with Crippen LogP contribution in [0, 0.1) is 12.8 Å². The Hall–Kier alpha value is -2.93. The summed E-state index contributed by atoms with van der Waals surface area (Å²) in [6, 6.07) is 17.9. The monoisotopic (exact) mass is 422 g/mol. The van der Waals surface area contributed by atoms with Crippen LogP contribution < -0.4 is 9.62 Å². The summed E-state index contributed by atoms with van der Waals surface area (Å²) in [4.78, 5) is 2.50. The van der Waals surface area contributed by atoms with Gasteiger partial charge in [0.2, 0.25) is 0 Å². The van der Waals surface area contributed by atoms with E-state index in [0.717, 1.165) is 36.0 Å². The van der Waals surface area contributed by atoms with Crippen molar-refractivity contribution in [3.05, 3.63) is 66.2 Å². The van der Waals surface area contributed by atoms with Crippen molar-refractivity contribution in [2.75, 3.05) is 22.7 Å². The molecule has 1 aliphatic rings. The van der Waals surface area contributed by atoms with Crippen LogP contribution in [-0.2, 0) is 10.0 Å². The number of benzene rings is 2. The molecular formula is C23H26N4O2S. The molecule has 2 heterocycles. The van der Waals surface area contributed by atoms with Crippen LogP contribution in [0.5, 0.6) is 0 Å². The lowest BCUT2D eigenvalue weighted by atomic mass is 9.99. The molecule has 1 aromatic heterocycles. The van der Waals surface area contributed by atoms with Crippen LogP contribution in [-0.4, -0.2) is 31.7 Å². The van der Waals surface area contributed by atoms with Crippen LogP contribution in [0.3, 0.4) is 0 Å². The molecule has 0 unspecified atom stereocenters. The first-order valence-electron chi connectivity index (χ1n) is 10.2. The number of aromatic nitrogens is 2. The fourth-order valence-electron chi connectivity index (χ4n) is 3.56. The molecule has 3 aromatic rings. The molecule has 0 saturated carbocycles. The molecule has 1 fully saturated rings. The van der Waals surface area contributed by atoms with Crippen LogP contribution in [0.15, 0.2) is 65.6 Å². The van der Waals surface area contributed by atoms with E-state index >= 15 is 0 Å². The van der Waals surface area contributed by atoms with Crippen molar-refractivity contribution in [3.8, 4) is 11.3 Å².